The summed E-state index contributed by atoms with van der Waals surface area (Å²) < 4.78 is 5.82. The Morgan fingerprint density at radius 1 is 1.02 bits per heavy atom. The van der Waals surface area contributed by atoms with Gasteiger partial charge in [-0.1, -0.05) is 44.2 Å². The number of benzene rings is 1. The Morgan fingerprint density at radius 3 is 2.47 bits per heavy atom. The summed E-state index contributed by atoms with van der Waals surface area (Å²) in [6.07, 6.45) is 5.43. The van der Waals surface area contributed by atoms with Gasteiger partial charge in [0.15, 0.2) is 0 Å². The van der Waals surface area contributed by atoms with Crippen molar-refractivity contribution in [2.75, 3.05) is 19.6 Å². The Bertz CT molecular complexity index is 1560. The molecule has 2 aromatic rings. The van der Waals surface area contributed by atoms with Crippen molar-refractivity contribution in [1.29, 1.82) is 0 Å². The maximum Gasteiger partial charge on any atom is 0.325 e. The number of nitrogens with zero attached hydrogens (tertiary/aromatic N) is 3. The van der Waals surface area contributed by atoms with E-state index in [0.29, 0.717) is 37.1 Å². The number of likely N-dealkylation sites (tertiary alicyclic amines) is 1. The number of carbonyl (C=O) groups excluding carboxylic acids is 5. The molecule has 4 amide bonds. The van der Waals surface area contributed by atoms with Crippen LogP contribution >= 0.6 is 0 Å². The number of fused-ring (bicyclic) bond motifs is 4. The molecule has 12 nitrogen and oxygen atoms in total. The first-order valence-corrected chi connectivity index (χ1v) is 16.6. The molecule has 5 rings (SSSR count). The van der Waals surface area contributed by atoms with Gasteiger partial charge in [0.2, 0.25) is 17.7 Å². The molecule has 3 N–H and O–H groups in total. The molecule has 3 aliphatic rings. The number of pyridine rings is 1. The molecule has 0 aliphatic carbocycles. The van der Waals surface area contributed by atoms with E-state index in [4.69, 9.17) is 9.72 Å². The lowest BCUT2D eigenvalue weighted by Gasteiger charge is -2.36. The second-order valence-corrected chi connectivity index (χ2v) is 13.7. The topological polar surface area (TPSA) is 150 Å². The van der Waals surface area contributed by atoms with Crippen molar-refractivity contribution in [2.45, 2.75) is 91.0 Å². The van der Waals surface area contributed by atoms with Crippen LogP contribution in [0.3, 0.4) is 0 Å². The molecule has 3 aliphatic heterocycles. The second kappa shape index (κ2) is 14.2. The minimum atomic E-state index is -1.21. The average Bonchev–Trinajstić information content (AvgIpc) is 3.60. The Morgan fingerprint density at radius 2 is 1.74 bits per heavy atom. The maximum absolute atomic E-state index is 14.0. The van der Waals surface area contributed by atoms with Crippen LogP contribution in [-0.2, 0) is 28.7 Å². The number of esters is 1. The van der Waals surface area contributed by atoms with Crippen LogP contribution in [-0.4, -0.2) is 82.3 Å². The predicted molar refractivity (Wildman–Crippen MR) is 176 cm³/mol. The first kappa shape index (κ1) is 34.0. The Balaban J connectivity index is 1.50. The van der Waals surface area contributed by atoms with E-state index in [0.717, 1.165) is 23.8 Å². The molecule has 0 spiro atoms. The Labute approximate surface area is 275 Å². The monoisotopic (exact) mass is 646 g/mol. The quantitative estimate of drug-likeness (QED) is 0.431. The molecule has 4 heterocycles. The Kier molecular flexibility index (Phi) is 10.3. The van der Waals surface area contributed by atoms with Crippen LogP contribution in [0.15, 0.2) is 36.4 Å². The Hall–Kier alpha value is -4.32. The van der Waals surface area contributed by atoms with Gasteiger partial charge in [-0.05, 0) is 70.1 Å². The van der Waals surface area contributed by atoms with Gasteiger partial charge in [0.1, 0.15) is 24.2 Å². The van der Waals surface area contributed by atoms with Crippen molar-refractivity contribution in [2.24, 2.45) is 11.3 Å². The van der Waals surface area contributed by atoms with Gasteiger partial charge in [-0.15, -0.1) is 0 Å². The summed E-state index contributed by atoms with van der Waals surface area (Å²) in [5.41, 5.74) is 4.10. The van der Waals surface area contributed by atoms with Crippen molar-refractivity contribution in [3.8, 4) is 0 Å². The number of amides is 4. The number of ether oxygens (including phenoxy) is 1. The van der Waals surface area contributed by atoms with Crippen LogP contribution in [0.5, 0.6) is 0 Å². The van der Waals surface area contributed by atoms with Crippen molar-refractivity contribution in [1.82, 2.24) is 31.0 Å². The number of nitrogens with one attached hydrogen (secondary N) is 3. The zero-order valence-corrected chi connectivity index (χ0v) is 27.9. The number of hydrogen-bond donors (Lipinski definition) is 3. The van der Waals surface area contributed by atoms with Gasteiger partial charge in [0.25, 0.3) is 5.91 Å². The van der Waals surface area contributed by atoms with E-state index in [9.17, 15) is 24.0 Å². The van der Waals surface area contributed by atoms with Gasteiger partial charge < -0.3 is 20.3 Å². The summed E-state index contributed by atoms with van der Waals surface area (Å²) in [4.78, 5) is 74.4. The number of carbonyl (C=O) groups is 5. The molecular weight excluding hydrogens is 600 g/mol. The minimum absolute atomic E-state index is 0.238. The van der Waals surface area contributed by atoms with Crippen LogP contribution < -0.4 is 16.1 Å². The zero-order chi connectivity index (χ0) is 33.9. The summed E-state index contributed by atoms with van der Waals surface area (Å²) in [6, 6.07) is 6.52. The van der Waals surface area contributed by atoms with Gasteiger partial charge in [0.05, 0.1) is 23.0 Å². The van der Waals surface area contributed by atoms with E-state index >= 15 is 0 Å². The third-order valence-corrected chi connectivity index (χ3v) is 9.15. The average molecular weight is 647 g/mol. The maximum atomic E-state index is 14.0. The molecule has 2 fully saturated rings. The fraction of sp³-hybridized carbons (Fsp3) is 0.543. The van der Waals surface area contributed by atoms with Crippen molar-refractivity contribution >= 4 is 46.6 Å². The van der Waals surface area contributed by atoms with Gasteiger partial charge >= 0.3 is 5.97 Å². The number of rotatable bonds is 3. The third kappa shape index (κ3) is 7.98. The molecular formula is C35H46N6O6. The van der Waals surface area contributed by atoms with E-state index in [1.54, 1.807) is 45.6 Å². The molecule has 4 atom stereocenters. The van der Waals surface area contributed by atoms with E-state index < -0.39 is 47.4 Å². The number of cyclic esters (lactones) is 1. The van der Waals surface area contributed by atoms with Crippen molar-refractivity contribution in [3.05, 3.63) is 47.7 Å². The lowest BCUT2D eigenvalue weighted by molar-refractivity contribution is -0.157. The van der Waals surface area contributed by atoms with Crippen LogP contribution in [0.2, 0.25) is 0 Å². The molecule has 252 valence electrons. The van der Waals surface area contributed by atoms with E-state index in [1.165, 1.54) is 5.01 Å². The first-order chi connectivity index (χ1) is 22.3. The van der Waals surface area contributed by atoms with Crippen molar-refractivity contribution in [3.63, 3.8) is 0 Å². The van der Waals surface area contributed by atoms with Crippen LogP contribution in [0.4, 0.5) is 0 Å². The molecule has 47 heavy (non-hydrogen) atoms. The first-order valence-electron chi connectivity index (χ1n) is 16.6. The number of hydrogen-bond acceptors (Lipinski definition) is 8. The number of aromatic nitrogens is 1. The lowest BCUT2D eigenvalue weighted by Crippen LogP contribution is -2.62. The molecule has 1 aromatic heterocycles. The molecule has 2 saturated heterocycles. The summed E-state index contributed by atoms with van der Waals surface area (Å²) in [5.74, 6) is -2.55. The van der Waals surface area contributed by atoms with Gasteiger partial charge in [-0.2, -0.15) is 0 Å². The normalized spacial score (nSPS) is 26.6. The highest BCUT2D eigenvalue weighted by Crippen LogP contribution is 2.25. The summed E-state index contributed by atoms with van der Waals surface area (Å²) in [7, 11) is 0. The standard InChI is InChI=1S/C35H46N6O6/c1-21(2)30-31(43)37-28(20-29(42)40-16-6-7-17-40)32(44)41-18-8-9-26(39-41)33(45)47-22(3)25-13-12-24-11-10-23(19-27(24)36-25)14-15-35(4,5)34(46)38-30/h10-15,19,21-22,26,28,30,39H,6-9,16-18,20H2,1-5H3,(H,37,43)(H,38,46)/b15-14+/t22-,26?,28?,30?/m1/s1. The largest absolute Gasteiger partial charge is 0.455 e. The van der Waals surface area contributed by atoms with E-state index in [1.807, 2.05) is 36.4 Å². The van der Waals surface area contributed by atoms with E-state index in [2.05, 4.69) is 16.1 Å². The minimum Gasteiger partial charge on any atom is -0.455 e. The van der Waals surface area contributed by atoms with Gasteiger partial charge in [-0.3, -0.25) is 29.0 Å². The van der Waals surface area contributed by atoms with Crippen LogP contribution in [0.25, 0.3) is 17.0 Å². The van der Waals surface area contributed by atoms with Crippen LogP contribution in [0, 0.1) is 11.3 Å². The summed E-state index contributed by atoms with van der Waals surface area (Å²) >= 11 is 0. The molecule has 0 radical (unpaired) electrons. The fourth-order valence-corrected chi connectivity index (χ4v) is 6.07. The number of hydrazine groups is 1. The molecule has 0 saturated carbocycles. The lowest BCUT2D eigenvalue weighted by atomic mass is 9.89. The molecule has 5 bridgehead atoms. The highest BCUT2D eigenvalue weighted by Gasteiger charge is 2.38. The highest BCUT2D eigenvalue weighted by molar-refractivity contribution is 5.96. The SMILES string of the molecule is CC(C)C1NC(=O)C(C)(C)/C=C/c2ccc3ccc(nc3c2)[C@@H](C)OC(=O)C2CCCN(N2)C(=O)C(CC(=O)N2CCCC2)NC1=O. The van der Waals surface area contributed by atoms with E-state index in [-0.39, 0.29) is 30.7 Å². The fourth-order valence-electron chi connectivity index (χ4n) is 6.07. The summed E-state index contributed by atoms with van der Waals surface area (Å²) in [6.45, 7) is 10.4. The van der Waals surface area contributed by atoms with Crippen LogP contribution in [0.1, 0.15) is 84.1 Å². The highest BCUT2D eigenvalue weighted by atomic mass is 16.5. The predicted octanol–water partition coefficient (Wildman–Crippen LogP) is 3.03. The summed E-state index contributed by atoms with van der Waals surface area (Å²) in [5, 5.41) is 7.88. The van der Waals surface area contributed by atoms with Crippen molar-refractivity contribution < 1.29 is 28.7 Å². The zero-order valence-electron chi connectivity index (χ0n) is 27.9. The van der Waals surface area contributed by atoms with Gasteiger partial charge in [0, 0.05) is 25.0 Å². The third-order valence-electron chi connectivity index (χ3n) is 9.15. The molecule has 1 aromatic carbocycles. The molecule has 12 heteroatoms. The molecule has 3 unspecified atom stereocenters. The van der Waals surface area contributed by atoms with Gasteiger partial charge in [-0.25, -0.2) is 10.4 Å². The second-order valence-electron chi connectivity index (χ2n) is 13.7. The smallest absolute Gasteiger partial charge is 0.325 e.